The third-order valence-corrected chi connectivity index (χ3v) is 3.07. The van der Waals surface area contributed by atoms with Crippen LogP contribution < -0.4 is 10.2 Å². The van der Waals surface area contributed by atoms with Crippen molar-refractivity contribution in [3.63, 3.8) is 0 Å². The molecule has 0 aromatic heterocycles. The second-order valence-electron chi connectivity index (χ2n) is 5.77. The Morgan fingerprint density at radius 3 is 2.37 bits per heavy atom. The summed E-state index contributed by atoms with van der Waals surface area (Å²) >= 11 is 0. The monoisotopic (exact) mass is 262 g/mol. The summed E-state index contributed by atoms with van der Waals surface area (Å²) in [5.41, 5.74) is 0.941. The summed E-state index contributed by atoms with van der Waals surface area (Å²) in [6.07, 6.45) is 0.963. The molecule has 3 heteroatoms. The molecule has 1 rings (SSSR count). The second-order valence-corrected chi connectivity index (χ2v) is 5.77. The zero-order valence-electron chi connectivity index (χ0n) is 12.6. The normalized spacial score (nSPS) is 11.2. The Morgan fingerprint density at radius 1 is 1.21 bits per heavy atom. The molecule has 1 aromatic carbocycles. The minimum Gasteiger partial charge on any atom is -0.372 e. The number of rotatable bonds is 6. The predicted octanol–water partition coefficient (Wildman–Crippen LogP) is 3.07. The van der Waals surface area contributed by atoms with Gasteiger partial charge in [0.15, 0.2) is 0 Å². The molecule has 0 aliphatic carbocycles. The number of nitrogens with one attached hydrogen (secondary N) is 1. The number of carbonyl (C=O) groups is 1. The van der Waals surface area contributed by atoms with E-state index in [-0.39, 0.29) is 11.3 Å². The van der Waals surface area contributed by atoms with E-state index in [9.17, 15) is 4.79 Å². The van der Waals surface area contributed by atoms with Crippen LogP contribution in [0, 0.1) is 5.41 Å². The molecule has 1 N–H and O–H groups in total. The molecule has 19 heavy (non-hydrogen) atoms. The van der Waals surface area contributed by atoms with Crippen molar-refractivity contribution in [2.45, 2.75) is 34.1 Å². The molecule has 106 valence electrons. The summed E-state index contributed by atoms with van der Waals surface area (Å²) in [6.45, 7) is 10.6. The number of carbonyl (C=O) groups excluding carboxylic acids is 1. The maximum absolute atomic E-state index is 11.7. The lowest BCUT2D eigenvalue weighted by molar-refractivity contribution is -0.128. The van der Waals surface area contributed by atoms with E-state index in [1.165, 1.54) is 5.69 Å². The molecule has 0 saturated carbocycles. The van der Waals surface area contributed by atoms with Crippen molar-refractivity contribution in [3.8, 4) is 0 Å². The average Bonchev–Trinajstić information content (AvgIpc) is 2.38. The minimum absolute atomic E-state index is 0.121. The summed E-state index contributed by atoms with van der Waals surface area (Å²) in [6, 6.07) is 10.4. The fraction of sp³-hybridized carbons (Fsp3) is 0.562. The third-order valence-electron chi connectivity index (χ3n) is 3.07. The maximum Gasteiger partial charge on any atom is 0.225 e. The third kappa shape index (κ3) is 5.33. The molecule has 0 spiro atoms. The number of benzene rings is 1. The summed E-state index contributed by atoms with van der Waals surface area (Å²) in [4.78, 5) is 14.0. The zero-order chi connectivity index (χ0) is 14.3. The van der Waals surface area contributed by atoms with E-state index in [2.05, 4.69) is 41.4 Å². The molecule has 0 radical (unpaired) electrons. The van der Waals surface area contributed by atoms with Gasteiger partial charge in [-0.05, 0) is 25.5 Å². The molecule has 3 nitrogen and oxygen atoms in total. The quantitative estimate of drug-likeness (QED) is 0.799. The molecular formula is C16H26N2O. The largest absolute Gasteiger partial charge is 0.372 e. The molecule has 0 aliphatic heterocycles. The molecule has 0 bridgehead atoms. The van der Waals surface area contributed by atoms with Crippen LogP contribution in [0.1, 0.15) is 34.1 Å². The highest BCUT2D eigenvalue weighted by Gasteiger charge is 2.20. The van der Waals surface area contributed by atoms with Gasteiger partial charge in [0, 0.05) is 30.7 Å². The first-order valence-electron chi connectivity index (χ1n) is 7.03. The standard InChI is InChI=1S/C16H26N2O/c1-5-18(14-10-7-6-8-11-14)13-9-12-17-15(19)16(2,3)4/h6-8,10-11H,5,9,12-13H2,1-4H3,(H,17,19). The number of amides is 1. The van der Waals surface area contributed by atoms with Gasteiger partial charge in [0.05, 0.1) is 0 Å². The van der Waals surface area contributed by atoms with Crippen molar-refractivity contribution in [2.75, 3.05) is 24.5 Å². The molecule has 0 atom stereocenters. The summed E-state index contributed by atoms with van der Waals surface area (Å²) in [5, 5.41) is 2.99. The van der Waals surface area contributed by atoms with E-state index in [0.717, 1.165) is 26.1 Å². The molecular weight excluding hydrogens is 236 g/mol. The van der Waals surface area contributed by atoms with Crippen LogP contribution in [0.25, 0.3) is 0 Å². The molecule has 1 amide bonds. The van der Waals surface area contributed by atoms with Crippen molar-refractivity contribution in [1.82, 2.24) is 5.32 Å². The van der Waals surface area contributed by atoms with Crippen LogP contribution in [0.5, 0.6) is 0 Å². The van der Waals surface area contributed by atoms with Gasteiger partial charge in [0.25, 0.3) is 0 Å². The van der Waals surface area contributed by atoms with Crippen molar-refractivity contribution in [1.29, 1.82) is 0 Å². The SMILES string of the molecule is CCN(CCCNC(=O)C(C)(C)C)c1ccccc1. The van der Waals surface area contributed by atoms with E-state index < -0.39 is 0 Å². The predicted molar refractivity (Wildman–Crippen MR) is 81.4 cm³/mol. The number of hydrogen-bond acceptors (Lipinski definition) is 2. The molecule has 0 heterocycles. The lowest BCUT2D eigenvalue weighted by atomic mass is 9.96. The first kappa shape index (κ1) is 15.5. The molecule has 0 aliphatic rings. The minimum atomic E-state index is -0.302. The van der Waals surface area contributed by atoms with Gasteiger partial charge < -0.3 is 10.2 Å². The van der Waals surface area contributed by atoms with Gasteiger partial charge in [-0.25, -0.2) is 0 Å². The van der Waals surface area contributed by atoms with Crippen LogP contribution in [-0.2, 0) is 4.79 Å². The van der Waals surface area contributed by atoms with E-state index >= 15 is 0 Å². The van der Waals surface area contributed by atoms with Gasteiger partial charge in [0.2, 0.25) is 5.91 Å². The molecule has 1 aromatic rings. The maximum atomic E-state index is 11.7. The lowest BCUT2D eigenvalue weighted by Crippen LogP contribution is -2.36. The number of anilines is 1. The zero-order valence-corrected chi connectivity index (χ0v) is 12.6. The first-order chi connectivity index (χ1) is 8.95. The Bertz CT molecular complexity index is 381. The Labute approximate surface area is 117 Å². The van der Waals surface area contributed by atoms with Crippen LogP contribution in [0.2, 0.25) is 0 Å². The van der Waals surface area contributed by atoms with Crippen molar-refractivity contribution < 1.29 is 4.79 Å². The highest BCUT2D eigenvalue weighted by Crippen LogP contribution is 2.14. The van der Waals surface area contributed by atoms with Gasteiger partial charge in [-0.2, -0.15) is 0 Å². The lowest BCUT2D eigenvalue weighted by Gasteiger charge is -2.23. The van der Waals surface area contributed by atoms with Gasteiger partial charge in [-0.3, -0.25) is 4.79 Å². The van der Waals surface area contributed by atoms with Crippen molar-refractivity contribution in [3.05, 3.63) is 30.3 Å². The fourth-order valence-corrected chi connectivity index (χ4v) is 1.85. The first-order valence-corrected chi connectivity index (χ1v) is 7.03. The second kappa shape index (κ2) is 7.17. The highest BCUT2D eigenvalue weighted by atomic mass is 16.2. The molecule has 0 saturated heterocycles. The highest BCUT2D eigenvalue weighted by molar-refractivity contribution is 5.81. The van der Waals surface area contributed by atoms with Crippen LogP contribution in [-0.4, -0.2) is 25.5 Å². The van der Waals surface area contributed by atoms with E-state index in [4.69, 9.17) is 0 Å². The fourth-order valence-electron chi connectivity index (χ4n) is 1.85. The van der Waals surface area contributed by atoms with Crippen molar-refractivity contribution >= 4 is 11.6 Å². The summed E-state index contributed by atoms with van der Waals surface area (Å²) in [7, 11) is 0. The van der Waals surface area contributed by atoms with Crippen LogP contribution >= 0.6 is 0 Å². The Kier molecular flexibility index (Phi) is 5.87. The molecule has 0 unspecified atom stereocenters. The number of hydrogen-bond donors (Lipinski definition) is 1. The Morgan fingerprint density at radius 2 is 1.84 bits per heavy atom. The number of nitrogens with zero attached hydrogens (tertiary/aromatic N) is 1. The van der Waals surface area contributed by atoms with E-state index in [0.29, 0.717) is 0 Å². The van der Waals surface area contributed by atoms with Crippen LogP contribution in [0.15, 0.2) is 30.3 Å². The van der Waals surface area contributed by atoms with E-state index in [1.54, 1.807) is 0 Å². The average molecular weight is 262 g/mol. The smallest absolute Gasteiger partial charge is 0.225 e. The van der Waals surface area contributed by atoms with Gasteiger partial charge in [-0.15, -0.1) is 0 Å². The summed E-state index contributed by atoms with van der Waals surface area (Å²) < 4.78 is 0. The van der Waals surface area contributed by atoms with Gasteiger partial charge >= 0.3 is 0 Å². The van der Waals surface area contributed by atoms with E-state index in [1.807, 2.05) is 26.8 Å². The summed E-state index contributed by atoms with van der Waals surface area (Å²) in [5.74, 6) is 0.121. The number of para-hydroxylation sites is 1. The Balaban J connectivity index is 2.34. The van der Waals surface area contributed by atoms with Crippen molar-refractivity contribution in [2.24, 2.45) is 5.41 Å². The van der Waals surface area contributed by atoms with Gasteiger partial charge in [0.1, 0.15) is 0 Å². The Hall–Kier alpha value is -1.51. The van der Waals surface area contributed by atoms with Gasteiger partial charge in [-0.1, -0.05) is 39.0 Å². The topological polar surface area (TPSA) is 32.3 Å². The molecule has 0 fully saturated rings. The van der Waals surface area contributed by atoms with Crippen LogP contribution in [0.4, 0.5) is 5.69 Å². The van der Waals surface area contributed by atoms with Crippen LogP contribution in [0.3, 0.4) is 0 Å².